The van der Waals surface area contributed by atoms with E-state index in [-0.39, 0.29) is 5.97 Å². The topological polar surface area (TPSA) is 47.9 Å². The van der Waals surface area contributed by atoms with Crippen molar-refractivity contribution in [2.24, 2.45) is 4.99 Å². The summed E-state index contributed by atoms with van der Waals surface area (Å²) in [5.74, 6) is 0.506. The van der Waals surface area contributed by atoms with E-state index in [1.54, 1.807) is 24.7 Å². The lowest BCUT2D eigenvalue weighted by Crippen LogP contribution is -2.09. The van der Waals surface area contributed by atoms with Gasteiger partial charge in [0, 0.05) is 21.1 Å². The molecule has 4 nitrogen and oxygen atoms in total. The lowest BCUT2D eigenvalue weighted by molar-refractivity contribution is 0.0526. The van der Waals surface area contributed by atoms with Gasteiger partial charge in [-0.2, -0.15) is 0 Å². The second-order valence-corrected chi connectivity index (χ2v) is 9.04. The number of aliphatic imine (C=N–C) groups is 1. The van der Waals surface area contributed by atoms with Crippen LogP contribution in [0.25, 0.3) is 0 Å². The molecule has 1 heterocycles. The van der Waals surface area contributed by atoms with Crippen LogP contribution in [0, 0.1) is 3.57 Å². The minimum atomic E-state index is -0.269. The number of hydrogen-bond donors (Lipinski definition) is 0. The predicted octanol–water partition coefficient (Wildman–Crippen LogP) is 5.93. The van der Waals surface area contributed by atoms with Crippen molar-refractivity contribution < 1.29 is 14.3 Å². The van der Waals surface area contributed by atoms with Crippen molar-refractivity contribution in [2.75, 3.05) is 13.7 Å². The van der Waals surface area contributed by atoms with E-state index in [0.717, 1.165) is 55.6 Å². The van der Waals surface area contributed by atoms with Gasteiger partial charge >= 0.3 is 5.97 Å². The van der Waals surface area contributed by atoms with Gasteiger partial charge in [-0.05, 0) is 72.9 Å². The van der Waals surface area contributed by atoms with Gasteiger partial charge in [0.2, 0.25) is 0 Å². The number of fused-ring (bicyclic) bond motifs is 1. The van der Waals surface area contributed by atoms with Gasteiger partial charge in [0.1, 0.15) is 10.8 Å². The van der Waals surface area contributed by atoms with Crippen LogP contribution in [0.2, 0.25) is 0 Å². The number of rotatable bonds is 5. The minimum Gasteiger partial charge on any atom is -0.495 e. The van der Waals surface area contributed by atoms with Crippen molar-refractivity contribution in [3.8, 4) is 5.75 Å². The molecule has 1 aliphatic carbocycles. The maximum absolute atomic E-state index is 12.5. The lowest BCUT2D eigenvalue weighted by atomic mass is 9.95. The van der Waals surface area contributed by atoms with Crippen LogP contribution in [0.1, 0.15) is 46.1 Å². The number of thiophene rings is 1. The molecule has 0 N–H and O–H groups in total. The quantitative estimate of drug-likeness (QED) is 0.265. The fourth-order valence-electron chi connectivity index (χ4n) is 3.08. The summed E-state index contributed by atoms with van der Waals surface area (Å²) in [5.41, 5.74) is 2.64. The Hall–Kier alpha value is -0.930. The fourth-order valence-corrected chi connectivity index (χ4v) is 6.07. The van der Waals surface area contributed by atoms with Crippen LogP contribution in [-0.2, 0) is 17.6 Å². The van der Waals surface area contributed by atoms with Crippen LogP contribution in [-0.4, -0.2) is 25.9 Å². The van der Waals surface area contributed by atoms with E-state index in [1.165, 1.54) is 4.88 Å². The normalized spacial score (nSPS) is 13.7. The van der Waals surface area contributed by atoms with Gasteiger partial charge in [0.25, 0.3) is 0 Å². The Bertz CT molecular complexity index is 863. The summed E-state index contributed by atoms with van der Waals surface area (Å²) < 4.78 is 12.8. The van der Waals surface area contributed by atoms with Crippen LogP contribution in [0.5, 0.6) is 5.75 Å². The van der Waals surface area contributed by atoms with Crippen LogP contribution in [0.3, 0.4) is 0 Å². The van der Waals surface area contributed by atoms with Gasteiger partial charge in [0.05, 0.1) is 22.9 Å². The number of nitrogens with zero attached hydrogens (tertiary/aromatic N) is 1. The van der Waals surface area contributed by atoms with E-state index >= 15 is 0 Å². The number of esters is 1. The van der Waals surface area contributed by atoms with E-state index in [4.69, 9.17) is 9.47 Å². The van der Waals surface area contributed by atoms with Crippen molar-refractivity contribution in [1.82, 2.24) is 0 Å². The van der Waals surface area contributed by atoms with Gasteiger partial charge in [0.15, 0.2) is 0 Å². The molecule has 0 amide bonds. The first-order chi connectivity index (χ1) is 12.5. The van der Waals surface area contributed by atoms with Crippen molar-refractivity contribution in [2.45, 2.75) is 32.6 Å². The summed E-state index contributed by atoms with van der Waals surface area (Å²) in [4.78, 5) is 18.4. The molecule has 0 spiro atoms. The second kappa shape index (κ2) is 8.84. The molecule has 0 aliphatic heterocycles. The Kier molecular flexibility index (Phi) is 6.74. The lowest BCUT2D eigenvalue weighted by Gasteiger charge is -2.11. The highest BCUT2D eigenvalue weighted by Gasteiger charge is 2.26. The Balaban J connectivity index is 2.04. The van der Waals surface area contributed by atoms with Crippen LogP contribution >= 0.6 is 49.9 Å². The Morgan fingerprint density at radius 3 is 2.88 bits per heavy atom. The molecule has 0 unspecified atom stereocenters. The van der Waals surface area contributed by atoms with Crippen molar-refractivity contribution in [3.05, 3.63) is 41.7 Å². The average Bonchev–Trinajstić information content (AvgIpc) is 2.98. The van der Waals surface area contributed by atoms with Gasteiger partial charge in [-0.3, -0.25) is 0 Å². The molecule has 1 aromatic heterocycles. The van der Waals surface area contributed by atoms with E-state index in [9.17, 15) is 4.79 Å². The number of aryl methyl sites for hydroxylation is 1. The van der Waals surface area contributed by atoms with Crippen LogP contribution < -0.4 is 4.74 Å². The molecule has 26 heavy (non-hydrogen) atoms. The molecule has 138 valence electrons. The molecule has 7 heteroatoms. The highest BCUT2D eigenvalue weighted by Crippen LogP contribution is 2.40. The molecular weight excluding hydrogens is 529 g/mol. The summed E-state index contributed by atoms with van der Waals surface area (Å²) in [5, 5.41) is 0.729. The van der Waals surface area contributed by atoms with Gasteiger partial charge in [-0.1, -0.05) is 15.9 Å². The van der Waals surface area contributed by atoms with Crippen molar-refractivity contribution in [3.63, 3.8) is 0 Å². The number of carbonyl (C=O) groups excluding carboxylic acids is 1. The van der Waals surface area contributed by atoms with Crippen LogP contribution in [0.15, 0.2) is 21.6 Å². The smallest absolute Gasteiger partial charge is 0.341 e. The predicted molar refractivity (Wildman–Crippen MR) is 118 cm³/mol. The minimum absolute atomic E-state index is 0.269. The number of benzene rings is 1. The third kappa shape index (κ3) is 4.14. The molecule has 0 saturated carbocycles. The first-order valence-electron chi connectivity index (χ1n) is 8.43. The second-order valence-electron chi connectivity index (χ2n) is 5.88. The summed E-state index contributed by atoms with van der Waals surface area (Å²) >= 11 is 7.35. The molecule has 0 saturated heterocycles. The van der Waals surface area contributed by atoms with E-state index in [1.807, 2.05) is 19.1 Å². The maximum atomic E-state index is 12.5. The third-order valence-corrected chi connectivity index (χ3v) is 6.65. The van der Waals surface area contributed by atoms with E-state index in [0.29, 0.717) is 12.2 Å². The van der Waals surface area contributed by atoms with E-state index in [2.05, 4.69) is 43.5 Å². The number of methoxy groups -OCH3 is 1. The third-order valence-electron chi connectivity index (χ3n) is 4.19. The average molecular weight is 548 g/mol. The number of carbonyl (C=O) groups is 1. The highest BCUT2D eigenvalue weighted by atomic mass is 127. The highest BCUT2D eigenvalue weighted by molar-refractivity contribution is 14.1. The molecule has 0 radical (unpaired) electrons. The zero-order valence-electron chi connectivity index (χ0n) is 14.6. The fraction of sp³-hybridized carbons (Fsp3) is 0.368. The van der Waals surface area contributed by atoms with Crippen LogP contribution in [0.4, 0.5) is 5.00 Å². The SMILES string of the molecule is CCOC(=O)c1c(N=Cc2cc(Br)cc(I)c2OC)sc2c1CCCC2. The zero-order valence-corrected chi connectivity index (χ0v) is 19.2. The van der Waals surface area contributed by atoms with Gasteiger partial charge in [-0.15, -0.1) is 11.3 Å². The Labute approximate surface area is 179 Å². The van der Waals surface area contributed by atoms with Crippen molar-refractivity contribution in [1.29, 1.82) is 0 Å². The summed E-state index contributed by atoms with van der Waals surface area (Å²) in [6.07, 6.45) is 5.98. The Morgan fingerprint density at radius 1 is 1.38 bits per heavy atom. The molecule has 3 rings (SSSR count). The summed E-state index contributed by atoms with van der Waals surface area (Å²) in [6.45, 7) is 2.19. The number of ether oxygens (including phenoxy) is 2. The molecule has 0 bridgehead atoms. The molecule has 2 aromatic rings. The van der Waals surface area contributed by atoms with Crippen molar-refractivity contribution >= 4 is 67.0 Å². The monoisotopic (exact) mass is 547 g/mol. The first kappa shape index (κ1) is 19.8. The molecule has 1 aromatic carbocycles. The maximum Gasteiger partial charge on any atom is 0.341 e. The molecule has 1 aliphatic rings. The number of hydrogen-bond acceptors (Lipinski definition) is 5. The summed E-state index contributed by atoms with van der Waals surface area (Å²) in [7, 11) is 1.65. The zero-order chi connectivity index (χ0) is 18.7. The van der Waals surface area contributed by atoms with Gasteiger partial charge in [-0.25, -0.2) is 9.79 Å². The van der Waals surface area contributed by atoms with E-state index < -0.39 is 0 Å². The largest absolute Gasteiger partial charge is 0.495 e. The number of halogens is 2. The van der Waals surface area contributed by atoms with Gasteiger partial charge < -0.3 is 9.47 Å². The Morgan fingerprint density at radius 2 is 2.15 bits per heavy atom. The molecular formula is C19H19BrINO3S. The standard InChI is InChI=1S/C19H19BrINO3S/c1-3-25-19(23)16-13-6-4-5-7-15(13)26-18(16)22-10-11-8-12(20)9-14(21)17(11)24-2/h8-10H,3-7H2,1-2H3. The molecule has 0 atom stereocenters. The molecule has 0 fully saturated rings. The summed E-state index contributed by atoms with van der Waals surface area (Å²) in [6, 6.07) is 3.95. The first-order valence-corrected chi connectivity index (χ1v) is 11.1.